The molecule has 3 aromatic carbocycles. The molecule has 0 atom stereocenters. The van der Waals surface area contributed by atoms with Crippen molar-refractivity contribution < 1.29 is 14.7 Å². The molecule has 0 fully saturated rings. The summed E-state index contributed by atoms with van der Waals surface area (Å²) in [6.07, 6.45) is 0.592. The fourth-order valence-electron chi connectivity index (χ4n) is 2.75. The van der Waals surface area contributed by atoms with Gasteiger partial charge in [-0.1, -0.05) is 57.9 Å². The van der Waals surface area contributed by atoms with Crippen LogP contribution in [0.5, 0.6) is 0 Å². The van der Waals surface area contributed by atoms with Gasteiger partial charge in [0.1, 0.15) is 0 Å². The molecule has 0 bridgehead atoms. The summed E-state index contributed by atoms with van der Waals surface area (Å²) < 4.78 is 0.717. The van der Waals surface area contributed by atoms with Crippen LogP contribution in [0.15, 0.2) is 71.2 Å². The highest BCUT2D eigenvalue weighted by molar-refractivity contribution is 9.10. The number of halogens is 2. The van der Waals surface area contributed by atoms with Crippen LogP contribution in [-0.4, -0.2) is 23.5 Å². The first-order chi connectivity index (χ1) is 13.4. The number of carboxylic acids is 1. The fourth-order valence-corrected chi connectivity index (χ4v) is 3.46. The van der Waals surface area contributed by atoms with Crippen molar-refractivity contribution in [3.05, 3.63) is 92.9 Å². The molecule has 0 aliphatic carbocycles. The zero-order chi connectivity index (χ0) is 20.1. The maximum absolute atomic E-state index is 12.3. The molecule has 4 nitrogen and oxygen atoms in total. The van der Waals surface area contributed by atoms with Crippen LogP contribution in [0.2, 0.25) is 5.02 Å². The van der Waals surface area contributed by atoms with E-state index in [-0.39, 0.29) is 11.5 Å². The average Bonchev–Trinajstić information content (AvgIpc) is 2.69. The summed E-state index contributed by atoms with van der Waals surface area (Å²) in [5.41, 5.74) is 3.78. The third kappa shape index (κ3) is 5.00. The highest BCUT2D eigenvalue weighted by atomic mass is 79.9. The molecule has 6 heteroatoms. The van der Waals surface area contributed by atoms with E-state index in [9.17, 15) is 9.59 Å². The van der Waals surface area contributed by atoms with E-state index in [2.05, 4.69) is 21.2 Å². The van der Waals surface area contributed by atoms with E-state index >= 15 is 0 Å². The van der Waals surface area contributed by atoms with Gasteiger partial charge in [0.2, 0.25) is 0 Å². The zero-order valence-corrected chi connectivity index (χ0v) is 17.1. The standard InChI is InChI=1S/C22H17BrClNO3/c23-20-13-18(22(27)28)6-3-16(20)11-12-25-21(26)17-4-1-14(2-5-17)15-7-9-19(24)10-8-15/h1-10,13H,11-12H2,(H,25,26)(H,27,28). The predicted molar refractivity (Wildman–Crippen MR) is 114 cm³/mol. The summed E-state index contributed by atoms with van der Waals surface area (Å²) in [5, 5.41) is 12.6. The lowest BCUT2D eigenvalue weighted by Gasteiger charge is -2.08. The monoisotopic (exact) mass is 457 g/mol. The van der Waals surface area contributed by atoms with Gasteiger partial charge in [-0.05, 0) is 59.5 Å². The van der Waals surface area contributed by atoms with Gasteiger partial charge >= 0.3 is 5.97 Å². The Morgan fingerprint density at radius 1 is 0.893 bits per heavy atom. The van der Waals surface area contributed by atoms with E-state index in [0.717, 1.165) is 16.7 Å². The summed E-state index contributed by atoms with van der Waals surface area (Å²) in [4.78, 5) is 23.3. The van der Waals surface area contributed by atoms with Gasteiger partial charge in [-0.15, -0.1) is 0 Å². The Bertz CT molecular complexity index is 1000. The number of rotatable bonds is 6. The molecule has 0 aromatic heterocycles. The Morgan fingerprint density at radius 3 is 2.04 bits per heavy atom. The Kier molecular flexibility index (Phi) is 6.49. The lowest BCUT2D eigenvalue weighted by molar-refractivity contribution is 0.0696. The van der Waals surface area contributed by atoms with E-state index in [1.165, 1.54) is 0 Å². The normalized spacial score (nSPS) is 10.5. The summed E-state index contributed by atoms with van der Waals surface area (Å²) >= 11 is 9.29. The minimum atomic E-state index is -0.970. The molecule has 3 rings (SSSR count). The minimum Gasteiger partial charge on any atom is -0.478 e. The van der Waals surface area contributed by atoms with Crippen LogP contribution in [0.4, 0.5) is 0 Å². The average molecular weight is 459 g/mol. The molecule has 0 saturated carbocycles. The number of carbonyl (C=O) groups excluding carboxylic acids is 1. The molecule has 0 aliphatic rings. The number of hydrogen-bond acceptors (Lipinski definition) is 2. The summed E-state index contributed by atoms with van der Waals surface area (Å²) in [5.74, 6) is -1.12. The van der Waals surface area contributed by atoms with Crippen LogP contribution in [0.3, 0.4) is 0 Å². The smallest absolute Gasteiger partial charge is 0.335 e. The van der Waals surface area contributed by atoms with Crippen LogP contribution in [0.25, 0.3) is 11.1 Å². The first-order valence-electron chi connectivity index (χ1n) is 8.60. The van der Waals surface area contributed by atoms with Gasteiger partial charge in [0.05, 0.1) is 5.56 Å². The van der Waals surface area contributed by atoms with Crippen LogP contribution >= 0.6 is 27.5 Å². The van der Waals surface area contributed by atoms with Crippen molar-refractivity contribution in [3.8, 4) is 11.1 Å². The predicted octanol–water partition coefficient (Wildman–Crippen LogP) is 5.44. The van der Waals surface area contributed by atoms with Crippen molar-refractivity contribution in [2.24, 2.45) is 0 Å². The molecule has 1 amide bonds. The van der Waals surface area contributed by atoms with Crippen molar-refractivity contribution >= 4 is 39.4 Å². The highest BCUT2D eigenvalue weighted by Crippen LogP contribution is 2.22. The molecule has 142 valence electrons. The summed E-state index contributed by atoms with van der Waals surface area (Å²) in [7, 11) is 0. The first kappa shape index (κ1) is 20.1. The van der Waals surface area contributed by atoms with E-state index in [4.69, 9.17) is 16.7 Å². The van der Waals surface area contributed by atoms with Crippen molar-refractivity contribution in [1.82, 2.24) is 5.32 Å². The molecule has 0 saturated heterocycles. The number of hydrogen-bond donors (Lipinski definition) is 2. The third-order valence-corrected chi connectivity index (χ3v) is 5.29. The maximum atomic E-state index is 12.3. The molecular weight excluding hydrogens is 442 g/mol. The van der Waals surface area contributed by atoms with Gasteiger partial charge in [0, 0.05) is 21.6 Å². The molecule has 0 aliphatic heterocycles. The Morgan fingerprint density at radius 2 is 1.46 bits per heavy atom. The number of aromatic carboxylic acids is 1. The first-order valence-corrected chi connectivity index (χ1v) is 9.77. The van der Waals surface area contributed by atoms with E-state index in [0.29, 0.717) is 28.0 Å². The second kappa shape index (κ2) is 9.04. The fraction of sp³-hybridized carbons (Fsp3) is 0.0909. The van der Waals surface area contributed by atoms with Crippen molar-refractivity contribution in [3.63, 3.8) is 0 Å². The van der Waals surface area contributed by atoms with E-state index in [1.807, 2.05) is 36.4 Å². The van der Waals surface area contributed by atoms with E-state index in [1.54, 1.807) is 30.3 Å². The Labute approximate surface area is 176 Å². The number of nitrogens with one attached hydrogen (secondary N) is 1. The summed E-state index contributed by atoms with van der Waals surface area (Å²) in [6.45, 7) is 0.447. The molecule has 0 spiro atoms. The third-order valence-electron chi connectivity index (χ3n) is 4.30. The second-order valence-corrected chi connectivity index (χ2v) is 7.49. The Hall–Kier alpha value is -2.63. The van der Waals surface area contributed by atoms with Crippen LogP contribution in [0.1, 0.15) is 26.3 Å². The van der Waals surface area contributed by atoms with Crippen LogP contribution < -0.4 is 5.32 Å². The highest BCUT2D eigenvalue weighted by Gasteiger charge is 2.09. The SMILES string of the molecule is O=C(O)c1ccc(CCNC(=O)c2ccc(-c3ccc(Cl)cc3)cc2)c(Br)c1. The van der Waals surface area contributed by atoms with Gasteiger partial charge < -0.3 is 10.4 Å². The second-order valence-electron chi connectivity index (χ2n) is 6.20. The number of benzene rings is 3. The van der Waals surface area contributed by atoms with Gasteiger partial charge in [-0.2, -0.15) is 0 Å². The summed E-state index contributed by atoms with van der Waals surface area (Å²) in [6, 6.07) is 19.8. The number of carboxylic acid groups (broad SMARTS) is 1. The number of amides is 1. The van der Waals surface area contributed by atoms with Crippen molar-refractivity contribution in [2.45, 2.75) is 6.42 Å². The quantitative estimate of drug-likeness (QED) is 0.517. The zero-order valence-electron chi connectivity index (χ0n) is 14.8. The van der Waals surface area contributed by atoms with Crippen molar-refractivity contribution in [1.29, 1.82) is 0 Å². The van der Waals surface area contributed by atoms with Crippen molar-refractivity contribution in [2.75, 3.05) is 6.54 Å². The molecule has 28 heavy (non-hydrogen) atoms. The topological polar surface area (TPSA) is 66.4 Å². The molecular formula is C22H17BrClNO3. The molecule has 3 aromatic rings. The molecule has 0 unspecified atom stereocenters. The molecule has 2 N–H and O–H groups in total. The molecule has 0 heterocycles. The van der Waals surface area contributed by atoms with E-state index < -0.39 is 5.97 Å². The largest absolute Gasteiger partial charge is 0.478 e. The Balaban J connectivity index is 1.58. The van der Waals surface area contributed by atoms with Gasteiger partial charge in [-0.3, -0.25) is 4.79 Å². The van der Waals surface area contributed by atoms with Gasteiger partial charge in [-0.25, -0.2) is 4.79 Å². The van der Waals surface area contributed by atoms with Gasteiger partial charge in [0.15, 0.2) is 0 Å². The number of carbonyl (C=O) groups is 2. The molecule has 0 radical (unpaired) electrons. The minimum absolute atomic E-state index is 0.152. The van der Waals surface area contributed by atoms with Gasteiger partial charge in [0.25, 0.3) is 5.91 Å². The van der Waals surface area contributed by atoms with Crippen LogP contribution in [0, 0.1) is 0 Å². The maximum Gasteiger partial charge on any atom is 0.335 e. The lowest BCUT2D eigenvalue weighted by Crippen LogP contribution is -2.25. The van der Waals surface area contributed by atoms with Crippen LogP contribution in [-0.2, 0) is 6.42 Å². The lowest BCUT2D eigenvalue weighted by atomic mass is 10.0.